The Kier molecular flexibility index (Phi) is 5.25. The predicted molar refractivity (Wildman–Crippen MR) is 111 cm³/mol. The number of aromatic nitrogens is 3. The highest BCUT2D eigenvalue weighted by atomic mass is 35.5. The normalized spacial score (nSPS) is 11.2. The molecule has 0 fully saturated rings. The van der Waals surface area contributed by atoms with E-state index < -0.39 is 0 Å². The third-order valence-corrected chi connectivity index (χ3v) is 5.53. The molecule has 4 nitrogen and oxygen atoms in total. The van der Waals surface area contributed by atoms with Gasteiger partial charge >= 0.3 is 0 Å². The van der Waals surface area contributed by atoms with Gasteiger partial charge in [-0.1, -0.05) is 53.2 Å². The molecule has 0 saturated carbocycles. The zero-order chi connectivity index (χ0) is 18.8. The zero-order valence-corrected chi connectivity index (χ0v) is 16.6. The molecule has 0 saturated heterocycles. The lowest BCUT2D eigenvalue weighted by Crippen LogP contribution is -2.00. The maximum absolute atomic E-state index is 6.07. The molecule has 27 heavy (non-hydrogen) atoms. The quantitative estimate of drug-likeness (QED) is 0.267. The van der Waals surface area contributed by atoms with Crippen molar-refractivity contribution in [2.24, 2.45) is 0 Å². The molecule has 0 bridgehead atoms. The van der Waals surface area contributed by atoms with Crippen molar-refractivity contribution in [3.63, 3.8) is 0 Å². The Labute approximate surface area is 170 Å². The number of furan rings is 1. The molecule has 0 aliphatic heterocycles. The standard InChI is InChI=1S/C20H15Cl2N3OS/c1-2-9-25-19(18-11-14-10-16(22)7-8-17(14)26-18)23-24-20(25)27-12-13-3-5-15(21)6-4-13/h2-8,10-11H,1,9,12H2. The number of fused-ring (bicyclic) bond motifs is 1. The number of benzene rings is 2. The number of hydrogen-bond donors (Lipinski definition) is 0. The average Bonchev–Trinajstić information content (AvgIpc) is 3.25. The Morgan fingerprint density at radius 2 is 1.81 bits per heavy atom. The summed E-state index contributed by atoms with van der Waals surface area (Å²) in [6.45, 7) is 4.43. The fourth-order valence-electron chi connectivity index (χ4n) is 2.72. The molecule has 4 rings (SSSR count). The Balaban J connectivity index is 1.64. The van der Waals surface area contributed by atoms with Crippen molar-refractivity contribution in [3.8, 4) is 11.6 Å². The van der Waals surface area contributed by atoms with Gasteiger partial charge in [-0.15, -0.1) is 16.8 Å². The molecule has 2 aromatic heterocycles. The second kappa shape index (κ2) is 7.80. The molecular formula is C20H15Cl2N3OS. The highest BCUT2D eigenvalue weighted by molar-refractivity contribution is 7.98. The predicted octanol–water partition coefficient (Wildman–Crippen LogP) is 6.48. The molecule has 2 aromatic carbocycles. The van der Waals surface area contributed by atoms with Gasteiger partial charge in [0.25, 0.3) is 0 Å². The van der Waals surface area contributed by atoms with E-state index in [-0.39, 0.29) is 0 Å². The summed E-state index contributed by atoms with van der Waals surface area (Å²) in [4.78, 5) is 0. The smallest absolute Gasteiger partial charge is 0.200 e. The summed E-state index contributed by atoms with van der Waals surface area (Å²) in [7, 11) is 0. The average molecular weight is 416 g/mol. The lowest BCUT2D eigenvalue weighted by molar-refractivity contribution is 0.613. The minimum absolute atomic E-state index is 0.586. The van der Waals surface area contributed by atoms with Crippen LogP contribution in [0.25, 0.3) is 22.6 Å². The van der Waals surface area contributed by atoms with Crippen molar-refractivity contribution in [3.05, 3.63) is 76.8 Å². The van der Waals surface area contributed by atoms with Crippen LogP contribution in [0.1, 0.15) is 5.56 Å². The summed E-state index contributed by atoms with van der Waals surface area (Å²) in [5.74, 6) is 2.09. The molecule has 4 aromatic rings. The van der Waals surface area contributed by atoms with Crippen molar-refractivity contribution < 1.29 is 4.42 Å². The van der Waals surface area contributed by atoms with Crippen LogP contribution in [0.4, 0.5) is 0 Å². The molecule has 7 heteroatoms. The van der Waals surface area contributed by atoms with Crippen LogP contribution in [-0.2, 0) is 12.3 Å². The second-order valence-electron chi connectivity index (χ2n) is 5.91. The largest absolute Gasteiger partial charge is 0.453 e. The second-order valence-corrected chi connectivity index (χ2v) is 7.73. The van der Waals surface area contributed by atoms with Crippen LogP contribution in [0.15, 0.2) is 70.8 Å². The number of rotatable bonds is 6. The lowest BCUT2D eigenvalue weighted by atomic mass is 10.2. The molecule has 0 unspecified atom stereocenters. The van der Waals surface area contributed by atoms with E-state index in [1.54, 1.807) is 17.8 Å². The third-order valence-electron chi connectivity index (χ3n) is 4.01. The van der Waals surface area contributed by atoms with Gasteiger partial charge < -0.3 is 4.42 Å². The third kappa shape index (κ3) is 3.90. The minimum atomic E-state index is 0.586. The van der Waals surface area contributed by atoms with Crippen molar-refractivity contribution in [1.82, 2.24) is 14.8 Å². The number of thioether (sulfide) groups is 1. The molecule has 0 aliphatic rings. The Hall–Kier alpha value is -2.21. The minimum Gasteiger partial charge on any atom is -0.453 e. The summed E-state index contributed by atoms with van der Waals surface area (Å²) in [6, 6.07) is 15.2. The number of nitrogens with zero attached hydrogens (tertiary/aromatic N) is 3. The molecule has 0 amide bonds. The van der Waals surface area contributed by atoms with Gasteiger partial charge in [0.15, 0.2) is 10.9 Å². The van der Waals surface area contributed by atoms with E-state index in [9.17, 15) is 0 Å². The number of allylic oxidation sites excluding steroid dienone is 1. The van der Waals surface area contributed by atoms with Gasteiger partial charge in [0.1, 0.15) is 5.58 Å². The first-order chi connectivity index (χ1) is 13.1. The molecule has 2 heterocycles. The van der Waals surface area contributed by atoms with Gasteiger partial charge in [-0.3, -0.25) is 4.57 Å². The van der Waals surface area contributed by atoms with Crippen molar-refractivity contribution in [1.29, 1.82) is 0 Å². The summed E-state index contributed by atoms with van der Waals surface area (Å²) in [5, 5.41) is 11.8. The summed E-state index contributed by atoms with van der Waals surface area (Å²) >= 11 is 13.6. The monoisotopic (exact) mass is 415 g/mol. The molecule has 0 atom stereocenters. The van der Waals surface area contributed by atoms with Crippen LogP contribution in [0, 0.1) is 0 Å². The van der Waals surface area contributed by atoms with E-state index in [4.69, 9.17) is 27.6 Å². The summed E-state index contributed by atoms with van der Waals surface area (Å²) in [5.41, 5.74) is 1.93. The first-order valence-electron chi connectivity index (χ1n) is 8.25. The van der Waals surface area contributed by atoms with E-state index >= 15 is 0 Å². The zero-order valence-electron chi connectivity index (χ0n) is 14.2. The number of halogens is 2. The summed E-state index contributed by atoms with van der Waals surface area (Å²) < 4.78 is 7.94. The van der Waals surface area contributed by atoms with Crippen molar-refractivity contribution in [2.75, 3.05) is 0 Å². The van der Waals surface area contributed by atoms with E-state index in [1.807, 2.05) is 53.1 Å². The highest BCUT2D eigenvalue weighted by Crippen LogP contribution is 2.31. The fourth-order valence-corrected chi connectivity index (χ4v) is 3.93. The first-order valence-corrected chi connectivity index (χ1v) is 9.99. The molecular weight excluding hydrogens is 401 g/mol. The summed E-state index contributed by atoms with van der Waals surface area (Å²) in [6.07, 6.45) is 1.82. The van der Waals surface area contributed by atoms with Gasteiger partial charge in [0, 0.05) is 27.7 Å². The van der Waals surface area contributed by atoms with Crippen LogP contribution in [0.3, 0.4) is 0 Å². The Bertz CT molecular complexity index is 1100. The highest BCUT2D eigenvalue weighted by Gasteiger charge is 2.17. The topological polar surface area (TPSA) is 43.9 Å². The Morgan fingerprint density at radius 3 is 2.59 bits per heavy atom. The van der Waals surface area contributed by atoms with Crippen LogP contribution in [0.2, 0.25) is 10.0 Å². The SMILES string of the molecule is C=CCn1c(SCc2ccc(Cl)cc2)nnc1-c1cc2cc(Cl)ccc2o1. The maximum atomic E-state index is 6.07. The van der Waals surface area contributed by atoms with E-state index in [0.29, 0.717) is 23.2 Å². The maximum Gasteiger partial charge on any atom is 0.200 e. The molecule has 0 N–H and O–H groups in total. The van der Waals surface area contributed by atoms with E-state index in [0.717, 1.165) is 32.5 Å². The van der Waals surface area contributed by atoms with Gasteiger partial charge in [0.2, 0.25) is 5.82 Å². The van der Waals surface area contributed by atoms with Gasteiger partial charge in [-0.25, -0.2) is 0 Å². The van der Waals surface area contributed by atoms with Gasteiger partial charge in [-0.05, 0) is 42.0 Å². The fraction of sp³-hybridized carbons (Fsp3) is 0.100. The van der Waals surface area contributed by atoms with Crippen LogP contribution in [-0.4, -0.2) is 14.8 Å². The van der Waals surface area contributed by atoms with Gasteiger partial charge in [-0.2, -0.15) is 0 Å². The van der Waals surface area contributed by atoms with Crippen molar-refractivity contribution >= 4 is 45.9 Å². The molecule has 0 radical (unpaired) electrons. The van der Waals surface area contributed by atoms with Crippen LogP contribution in [0.5, 0.6) is 0 Å². The number of hydrogen-bond acceptors (Lipinski definition) is 4. The van der Waals surface area contributed by atoms with E-state index in [1.165, 1.54) is 0 Å². The van der Waals surface area contributed by atoms with Gasteiger partial charge in [0.05, 0.1) is 0 Å². The molecule has 136 valence electrons. The lowest BCUT2D eigenvalue weighted by Gasteiger charge is -2.06. The molecule has 0 spiro atoms. The molecule has 0 aliphatic carbocycles. The van der Waals surface area contributed by atoms with Crippen LogP contribution >= 0.6 is 35.0 Å². The first kappa shape index (κ1) is 18.2. The van der Waals surface area contributed by atoms with E-state index in [2.05, 4.69) is 16.8 Å². The van der Waals surface area contributed by atoms with Crippen molar-refractivity contribution in [2.45, 2.75) is 17.5 Å². The van der Waals surface area contributed by atoms with Crippen LogP contribution < -0.4 is 0 Å². The Morgan fingerprint density at radius 1 is 1.04 bits per heavy atom.